The number of hydrogen-bond acceptors (Lipinski definition) is 4. The van der Waals surface area contributed by atoms with Crippen LogP contribution in [-0.4, -0.2) is 15.9 Å². The first-order valence-corrected chi connectivity index (χ1v) is 9.10. The molecule has 0 aliphatic rings. The standard InChI is InChI=1S/C20H16FN3OS/c1-11(2)17-10-14(13-5-3-4-6-15(13)22-17)19(25)24-20-23-16-8-7-12(21)9-18(16)26-20/h3-11H,1-2H3,(H,23,24,25). The Morgan fingerprint density at radius 1 is 1.08 bits per heavy atom. The number of carbonyl (C=O) groups is 1. The number of hydrogen-bond donors (Lipinski definition) is 1. The molecule has 2 aromatic carbocycles. The van der Waals surface area contributed by atoms with Crippen LogP contribution in [0.3, 0.4) is 0 Å². The number of nitrogens with one attached hydrogen (secondary N) is 1. The topological polar surface area (TPSA) is 54.9 Å². The fourth-order valence-corrected chi connectivity index (χ4v) is 3.68. The zero-order valence-corrected chi connectivity index (χ0v) is 15.1. The fourth-order valence-electron chi connectivity index (χ4n) is 2.80. The third kappa shape index (κ3) is 3.04. The van der Waals surface area contributed by atoms with E-state index in [1.807, 2.05) is 44.2 Å². The molecule has 26 heavy (non-hydrogen) atoms. The number of carbonyl (C=O) groups excluding carboxylic acids is 1. The van der Waals surface area contributed by atoms with Gasteiger partial charge in [0.05, 0.1) is 21.3 Å². The molecular weight excluding hydrogens is 349 g/mol. The average molecular weight is 365 g/mol. The van der Waals surface area contributed by atoms with Crippen molar-refractivity contribution in [1.82, 2.24) is 9.97 Å². The highest BCUT2D eigenvalue weighted by molar-refractivity contribution is 7.22. The summed E-state index contributed by atoms with van der Waals surface area (Å²) in [6, 6.07) is 13.8. The van der Waals surface area contributed by atoms with E-state index in [4.69, 9.17) is 0 Å². The third-order valence-corrected chi connectivity index (χ3v) is 5.08. The maximum absolute atomic E-state index is 13.4. The van der Waals surface area contributed by atoms with E-state index in [1.54, 1.807) is 6.07 Å². The number of rotatable bonds is 3. The van der Waals surface area contributed by atoms with Crippen molar-refractivity contribution in [1.29, 1.82) is 0 Å². The highest BCUT2D eigenvalue weighted by atomic mass is 32.1. The summed E-state index contributed by atoms with van der Waals surface area (Å²) in [5.74, 6) is -0.359. The minimum Gasteiger partial charge on any atom is -0.298 e. The predicted octanol–water partition coefficient (Wildman–Crippen LogP) is 5.36. The van der Waals surface area contributed by atoms with Gasteiger partial charge in [-0.3, -0.25) is 15.1 Å². The first-order valence-electron chi connectivity index (χ1n) is 8.28. The summed E-state index contributed by atoms with van der Waals surface area (Å²) in [6.45, 7) is 4.09. The Balaban J connectivity index is 1.75. The molecule has 0 atom stereocenters. The van der Waals surface area contributed by atoms with Crippen LogP contribution in [0.4, 0.5) is 9.52 Å². The number of fused-ring (bicyclic) bond motifs is 2. The summed E-state index contributed by atoms with van der Waals surface area (Å²) in [5.41, 5.74) is 2.87. The van der Waals surface area contributed by atoms with E-state index in [0.29, 0.717) is 20.9 Å². The first-order chi connectivity index (χ1) is 12.5. The van der Waals surface area contributed by atoms with Crippen molar-refractivity contribution in [2.24, 2.45) is 0 Å². The molecule has 0 radical (unpaired) electrons. The molecule has 0 aliphatic heterocycles. The fraction of sp³-hybridized carbons (Fsp3) is 0.150. The minimum absolute atomic E-state index is 0.205. The number of thiazole rings is 1. The number of amides is 1. The maximum Gasteiger partial charge on any atom is 0.258 e. The highest BCUT2D eigenvalue weighted by Crippen LogP contribution is 2.28. The van der Waals surface area contributed by atoms with Crippen molar-refractivity contribution in [3.05, 3.63) is 65.6 Å². The molecule has 0 saturated heterocycles. The highest BCUT2D eigenvalue weighted by Gasteiger charge is 2.16. The van der Waals surface area contributed by atoms with Crippen molar-refractivity contribution in [3.63, 3.8) is 0 Å². The number of pyridine rings is 1. The Morgan fingerprint density at radius 2 is 1.88 bits per heavy atom. The Labute approximate surface area is 153 Å². The van der Waals surface area contributed by atoms with Crippen LogP contribution in [0.25, 0.3) is 21.1 Å². The quantitative estimate of drug-likeness (QED) is 0.532. The molecule has 0 aliphatic carbocycles. The Bertz CT molecular complexity index is 1140. The second kappa shape index (κ2) is 6.46. The zero-order valence-electron chi connectivity index (χ0n) is 14.3. The molecule has 2 aromatic heterocycles. The molecule has 0 saturated carbocycles. The van der Waals surface area contributed by atoms with Gasteiger partial charge in [0.15, 0.2) is 5.13 Å². The zero-order chi connectivity index (χ0) is 18.3. The smallest absolute Gasteiger partial charge is 0.258 e. The van der Waals surface area contributed by atoms with Crippen molar-refractivity contribution in [3.8, 4) is 0 Å². The molecule has 0 spiro atoms. The van der Waals surface area contributed by atoms with Crippen molar-refractivity contribution >= 4 is 43.5 Å². The van der Waals surface area contributed by atoms with E-state index in [0.717, 1.165) is 16.6 Å². The lowest BCUT2D eigenvalue weighted by atomic mass is 10.0. The second-order valence-electron chi connectivity index (χ2n) is 6.35. The van der Waals surface area contributed by atoms with E-state index in [1.165, 1.54) is 23.5 Å². The maximum atomic E-state index is 13.4. The van der Waals surface area contributed by atoms with E-state index < -0.39 is 0 Å². The normalized spacial score (nSPS) is 11.4. The molecule has 2 heterocycles. The largest absolute Gasteiger partial charge is 0.298 e. The number of aromatic nitrogens is 2. The van der Waals surface area contributed by atoms with Crippen LogP contribution in [0.5, 0.6) is 0 Å². The van der Waals surface area contributed by atoms with Crippen molar-refractivity contribution in [2.45, 2.75) is 19.8 Å². The SMILES string of the molecule is CC(C)c1cc(C(=O)Nc2nc3ccc(F)cc3s2)c2ccccc2n1. The van der Waals surface area contributed by atoms with E-state index in [2.05, 4.69) is 15.3 Å². The predicted molar refractivity (Wildman–Crippen MR) is 103 cm³/mol. The van der Waals surface area contributed by atoms with Crippen molar-refractivity contribution < 1.29 is 9.18 Å². The molecule has 130 valence electrons. The Hall–Kier alpha value is -2.86. The Morgan fingerprint density at radius 3 is 2.69 bits per heavy atom. The van der Waals surface area contributed by atoms with Crippen LogP contribution in [0, 0.1) is 5.82 Å². The Kier molecular flexibility index (Phi) is 4.12. The van der Waals surface area contributed by atoms with Gasteiger partial charge in [-0.15, -0.1) is 0 Å². The summed E-state index contributed by atoms with van der Waals surface area (Å²) in [5, 5.41) is 4.08. The van der Waals surface area contributed by atoms with E-state index >= 15 is 0 Å². The van der Waals surface area contributed by atoms with Crippen LogP contribution < -0.4 is 5.32 Å². The van der Waals surface area contributed by atoms with Gasteiger partial charge in [-0.2, -0.15) is 0 Å². The van der Waals surface area contributed by atoms with E-state index in [9.17, 15) is 9.18 Å². The molecule has 4 aromatic rings. The number of para-hydroxylation sites is 1. The molecule has 4 rings (SSSR count). The van der Waals surface area contributed by atoms with E-state index in [-0.39, 0.29) is 17.6 Å². The average Bonchev–Trinajstić information content (AvgIpc) is 3.01. The van der Waals surface area contributed by atoms with Gasteiger partial charge in [0.2, 0.25) is 0 Å². The van der Waals surface area contributed by atoms with Gasteiger partial charge in [-0.05, 0) is 36.2 Å². The second-order valence-corrected chi connectivity index (χ2v) is 7.38. The summed E-state index contributed by atoms with van der Waals surface area (Å²) in [7, 11) is 0. The van der Waals surface area contributed by atoms with Crippen LogP contribution >= 0.6 is 11.3 Å². The number of nitrogens with zero attached hydrogens (tertiary/aromatic N) is 2. The van der Waals surface area contributed by atoms with Crippen molar-refractivity contribution in [2.75, 3.05) is 5.32 Å². The summed E-state index contributed by atoms with van der Waals surface area (Å²) in [4.78, 5) is 21.9. The monoisotopic (exact) mass is 365 g/mol. The molecule has 1 N–H and O–H groups in total. The third-order valence-electron chi connectivity index (χ3n) is 4.14. The summed E-state index contributed by atoms with van der Waals surface area (Å²) >= 11 is 1.25. The molecule has 4 nitrogen and oxygen atoms in total. The van der Waals surface area contributed by atoms with Gasteiger partial charge in [0.25, 0.3) is 5.91 Å². The number of anilines is 1. The number of halogens is 1. The minimum atomic E-state index is -0.319. The van der Waals surface area contributed by atoms with Crippen LogP contribution in [-0.2, 0) is 0 Å². The van der Waals surface area contributed by atoms with Gasteiger partial charge in [0, 0.05) is 11.1 Å². The van der Waals surface area contributed by atoms with Gasteiger partial charge in [-0.25, -0.2) is 9.37 Å². The summed E-state index contributed by atoms with van der Waals surface area (Å²) < 4.78 is 14.0. The molecule has 6 heteroatoms. The van der Waals surface area contributed by atoms with Crippen LogP contribution in [0.15, 0.2) is 48.5 Å². The van der Waals surface area contributed by atoms with Crippen LogP contribution in [0.2, 0.25) is 0 Å². The molecule has 1 amide bonds. The number of benzene rings is 2. The van der Waals surface area contributed by atoms with Gasteiger partial charge >= 0.3 is 0 Å². The summed E-state index contributed by atoms with van der Waals surface area (Å²) in [6.07, 6.45) is 0. The van der Waals surface area contributed by atoms with Gasteiger partial charge in [0.1, 0.15) is 5.82 Å². The molecule has 0 fully saturated rings. The lowest BCUT2D eigenvalue weighted by molar-refractivity contribution is 0.102. The van der Waals surface area contributed by atoms with Crippen LogP contribution in [0.1, 0.15) is 35.8 Å². The molecule has 0 bridgehead atoms. The van der Waals surface area contributed by atoms with Gasteiger partial charge < -0.3 is 0 Å². The lowest BCUT2D eigenvalue weighted by Crippen LogP contribution is -2.13. The van der Waals surface area contributed by atoms with Gasteiger partial charge in [-0.1, -0.05) is 43.4 Å². The molecule has 0 unspecified atom stereocenters. The molecular formula is C20H16FN3OS. The lowest BCUT2D eigenvalue weighted by Gasteiger charge is -2.11. The first kappa shape index (κ1) is 16.6.